The molecule has 0 spiro atoms. The number of hydrogen-bond acceptors (Lipinski definition) is 5. The molecule has 0 aliphatic rings. The Hall–Kier alpha value is -2.96. The van der Waals surface area contributed by atoms with Gasteiger partial charge in [-0.25, -0.2) is 4.98 Å². The van der Waals surface area contributed by atoms with Crippen molar-refractivity contribution in [2.24, 2.45) is 13.0 Å². The third kappa shape index (κ3) is 2.58. The summed E-state index contributed by atoms with van der Waals surface area (Å²) in [7, 11) is 1.89. The molecule has 0 radical (unpaired) electrons. The van der Waals surface area contributed by atoms with E-state index in [1.165, 1.54) is 0 Å². The average Bonchev–Trinajstić information content (AvgIpc) is 3.24. The minimum absolute atomic E-state index is 0.472. The molecule has 0 bridgehead atoms. The fraction of sp³-hybridized carbons (Fsp3) is 0.294. The quantitative estimate of drug-likeness (QED) is 0.623. The van der Waals surface area contributed by atoms with Crippen LogP contribution in [0.5, 0.6) is 0 Å². The summed E-state index contributed by atoms with van der Waals surface area (Å²) < 4.78 is 7.23. The van der Waals surface area contributed by atoms with Crippen molar-refractivity contribution in [3.05, 3.63) is 36.3 Å². The fourth-order valence-electron chi connectivity index (χ4n) is 2.76. The van der Waals surface area contributed by atoms with Gasteiger partial charge in [0.2, 0.25) is 5.82 Å². The Morgan fingerprint density at radius 1 is 1.25 bits per heavy atom. The Bertz CT molecular complexity index is 994. The van der Waals surface area contributed by atoms with Crippen LogP contribution < -0.4 is 0 Å². The smallest absolute Gasteiger partial charge is 0.276 e. The van der Waals surface area contributed by atoms with E-state index in [9.17, 15) is 0 Å². The van der Waals surface area contributed by atoms with Gasteiger partial charge in [-0.15, -0.1) is 0 Å². The number of benzene rings is 1. The molecule has 1 aromatic carbocycles. The van der Waals surface area contributed by atoms with Gasteiger partial charge in [0.25, 0.3) is 5.89 Å². The Labute approximate surface area is 138 Å². The first-order valence-electron chi connectivity index (χ1n) is 7.90. The van der Waals surface area contributed by atoms with Crippen LogP contribution in [-0.2, 0) is 13.5 Å². The van der Waals surface area contributed by atoms with Crippen molar-refractivity contribution in [3.63, 3.8) is 0 Å². The SMILES string of the molecule is CC(C)Cc1cc(-c2nc(-c3ccc4nc[nH]c4c3)no2)n(C)n1. The second kappa shape index (κ2) is 5.59. The van der Waals surface area contributed by atoms with E-state index in [-0.39, 0.29) is 0 Å². The molecule has 0 atom stereocenters. The number of H-pyrrole nitrogens is 1. The van der Waals surface area contributed by atoms with Crippen LogP contribution in [0.25, 0.3) is 34.0 Å². The molecule has 3 heterocycles. The van der Waals surface area contributed by atoms with E-state index in [2.05, 4.69) is 39.1 Å². The summed E-state index contributed by atoms with van der Waals surface area (Å²) in [4.78, 5) is 11.8. The summed E-state index contributed by atoms with van der Waals surface area (Å²) in [5, 5.41) is 8.62. The van der Waals surface area contributed by atoms with Gasteiger partial charge in [-0.2, -0.15) is 10.1 Å². The first kappa shape index (κ1) is 14.6. The molecule has 7 heteroatoms. The minimum atomic E-state index is 0.472. The van der Waals surface area contributed by atoms with Crippen LogP contribution in [0, 0.1) is 5.92 Å². The molecule has 0 aliphatic heterocycles. The molecule has 7 nitrogen and oxygen atoms in total. The summed E-state index contributed by atoms with van der Waals surface area (Å²) in [6.45, 7) is 4.34. The molecular weight excluding hydrogens is 304 g/mol. The summed E-state index contributed by atoms with van der Waals surface area (Å²) in [5.74, 6) is 1.57. The number of imidazole rings is 1. The summed E-state index contributed by atoms with van der Waals surface area (Å²) >= 11 is 0. The summed E-state index contributed by atoms with van der Waals surface area (Å²) in [5.41, 5.74) is 4.59. The van der Waals surface area contributed by atoms with Gasteiger partial charge in [-0.3, -0.25) is 4.68 Å². The Kier molecular flexibility index (Phi) is 3.41. The number of nitrogens with one attached hydrogen (secondary N) is 1. The molecule has 0 saturated heterocycles. The second-order valence-corrected chi connectivity index (χ2v) is 6.30. The van der Waals surface area contributed by atoms with Gasteiger partial charge in [0.05, 0.1) is 23.1 Å². The van der Waals surface area contributed by atoms with Gasteiger partial charge in [-0.1, -0.05) is 19.0 Å². The molecule has 1 N–H and O–H groups in total. The van der Waals surface area contributed by atoms with Crippen LogP contribution in [0.4, 0.5) is 0 Å². The molecule has 3 aromatic heterocycles. The maximum atomic E-state index is 5.45. The van der Waals surface area contributed by atoms with E-state index >= 15 is 0 Å². The van der Waals surface area contributed by atoms with Crippen molar-refractivity contribution in [2.75, 3.05) is 0 Å². The molecule has 0 saturated carbocycles. The topological polar surface area (TPSA) is 85.4 Å². The number of fused-ring (bicyclic) bond motifs is 1. The maximum absolute atomic E-state index is 5.45. The molecule has 4 rings (SSSR count). The molecular formula is C17H18N6O. The molecule has 0 fully saturated rings. The second-order valence-electron chi connectivity index (χ2n) is 6.30. The predicted octanol–water partition coefficient (Wildman–Crippen LogP) is 3.21. The van der Waals surface area contributed by atoms with Gasteiger partial charge in [0, 0.05) is 12.6 Å². The summed E-state index contributed by atoms with van der Waals surface area (Å²) in [6, 6.07) is 7.84. The fourth-order valence-corrected chi connectivity index (χ4v) is 2.76. The normalized spacial score (nSPS) is 11.7. The van der Waals surface area contributed by atoms with E-state index < -0.39 is 0 Å². The van der Waals surface area contributed by atoms with Gasteiger partial charge in [-0.05, 0) is 36.6 Å². The van der Waals surface area contributed by atoms with E-state index in [0.717, 1.165) is 34.4 Å². The zero-order valence-electron chi connectivity index (χ0n) is 13.8. The van der Waals surface area contributed by atoms with Gasteiger partial charge >= 0.3 is 0 Å². The summed E-state index contributed by atoms with van der Waals surface area (Å²) in [6.07, 6.45) is 2.59. The zero-order valence-corrected chi connectivity index (χ0v) is 13.8. The highest BCUT2D eigenvalue weighted by atomic mass is 16.5. The number of hydrogen-bond donors (Lipinski definition) is 1. The number of aromatic amines is 1. The van der Waals surface area contributed by atoms with Crippen molar-refractivity contribution in [1.29, 1.82) is 0 Å². The molecule has 0 unspecified atom stereocenters. The van der Waals surface area contributed by atoms with E-state index in [1.54, 1.807) is 11.0 Å². The Balaban J connectivity index is 1.68. The lowest BCUT2D eigenvalue weighted by Crippen LogP contribution is -1.97. The predicted molar refractivity (Wildman–Crippen MR) is 90.1 cm³/mol. The van der Waals surface area contributed by atoms with Crippen molar-refractivity contribution >= 4 is 11.0 Å². The molecule has 24 heavy (non-hydrogen) atoms. The Morgan fingerprint density at radius 3 is 2.96 bits per heavy atom. The lowest BCUT2D eigenvalue weighted by atomic mass is 10.1. The largest absolute Gasteiger partial charge is 0.345 e. The minimum Gasteiger partial charge on any atom is -0.345 e. The lowest BCUT2D eigenvalue weighted by Gasteiger charge is -1.98. The van der Waals surface area contributed by atoms with Crippen LogP contribution >= 0.6 is 0 Å². The highest BCUT2D eigenvalue weighted by molar-refractivity contribution is 5.80. The maximum Gasteiger partial charge on any atom is 0.276 e. The monoisotopic (exact) mass is 322 g/mol. The van der Waals surface area contributed by atoms with Gasteiger partial charge in [0.15, 0.2) is 0 Å². The average molecular weight is 322 g/mol. The van der Waals surface area contributed by atoms with Crippen LogP contribution in [0.3, 0.4) is 0 Å². The van der Waals surface area contributed by atoms with E-state index in [1.807, 2.05) is 31.3 Å². The number of rotatable bonds is 4. The van der Waals surface area contributed by atoms with Gasteiger partial charge < -0.3 is 9.51 Å². The molecule has 122 valence electrons. The highest BCUT2D eigenvalue weighted by Crippen LogP contribution is 2.25. The Morgan fingerprint density at radius 2 is 2.12 bits per heavy atom. The molecule has 0 amide bonds. The van der Waals surface area contributed by atoms with Gasteiger partial charge in [0.1, 0.15) is 5.69 Å². The molecule has 0 aliphatic carbocycles. The number of nitrogens with zero attached hydrogens (tertiary/aromatic N) is 5. The molecule has 4 aromatic rings. The van der Waals surface area contributed by atoms with Crippen LogP contribution in [0.2, 0.25) is 0 Å². The van der Waals surface area contributed by atoms with Crippen molar-refractivity contribution in [2.45, 2.75) is 20.3 Å². The van der Waals surface area contributed by atoms with Crippen molar-refractivity contribution in [1.82, 2.24) is 29.9 Å². The first-order valence-corrected chi connectivity index (χ1v) is 7.90. The van der Waals surface area contributed by atoms with Crippen LogP contribution in [0.1, 0.15) is 19.5 Å². The van der Waals surface area contributed by atoms with Crippen molar-refractivity contribution < 1.29 is 4.52 Å². The number of aryl methyl sites for hydroxylation is 1. The standard InChI is InChI=1S/C17H18N6O/c1-10(2)6-12-8-15(23(3)21-12)17-20-16(22-24-17)11-4-5-13-14(7-11)19-9-18-13/h4-5,7-10H,6H2,1-3H3,(H,18,19). The third-order valence-electron chi connectivity index (χ3n) is 3.87. The third-order valence-corrected chi connectivity index (χ3v) is 3.87. The number of aromatic nitrogens is 6. The van der Waals surface area contributed by atoms with E-state index in [4.69, 9.17) is 4.52 Å². The van der Waals surface area contributed by atoms with Crippen molar-refractivity contribution in [3.8, 4) is 23.0 Å². The van der Waals surface area contributed by atoms with E-state index in [0.29, 0.717) is 17.6 Å². The van der Waals surface area contributed by atoms with Crippen LogP contribution in [-0.4, -0.2) is 29.9 Å². The zero-order chi connectivity index (χ0) is 16.7. The first-order chi connectivity index (χ1) is 11.6. The van der Waals surface area contributed by atoms with Crippen LogP contribution in [0.15, 0.2) is 35.1 Å². The lowest BCUT2D eigenvalue weighted by molar-refractivity contribution is 0.428. The highest BCUT2D eigenvalue weighted by Gasteiger charge is 2.16.